The number of hydrogen-bond acceptors (Lipinski definition) is 5. The first kappa shape index (κ1) is 12.1. The Balaban J connectivity index is 3.13. The van der Waals surface area contributed by atoms with Crippen LogP contribution in [0.25, 0.3) is 0 Å². The molecule has 15 heavy (non-hydrogen) atoms. The molecule has 0 aliphatic rings. The van der Waals surface area contributed by atoms with Crippen LogP contribution >= 0.6 is 0 Å². The van der Waals surface area contributed by atoms with Gasteiger partial charge in [-0.3, -0.25) is 0 Å². The third-order valence-electron chi connectivity index (χ3n) is 1.49. The van der Waals surface area contributed by atoms with Gasteiger partial charge in [-0.1, -0.05) is 17.7 Å². The van der Waals surface area contributed by atoms with Gasteiger partial charge in [-0.15, -0.1) is 3.63 Å². The van der Waals surface area contributed by atoms with Crippen LogP contribution in [0, 0.1) is 6.92 Å². The molecule has 0 radical (unpaired) electrons. The van der Waals surface area contributed by atoms with Crippen molar-refractivity contribution < 1.29 is 20.5 Å². The zero-order valence-corrected chi connectivity index (χ0v) is 9.38. The van der Waals surface area contributed by atoms with E-state index in [4.69, 9.17) is 0 Å². The minimum Gasteiger partial charge on any atom is -0.204 e. The Bertz CT molecular complexity index is 544. The van der Waals surface area contributed by atoms with Gasteiger partial charge in [-0.05, 0) is 19.1 Å². The smallest absolute Gasteiger partial charge is 0.204 e. The Kier molecular flexibility index (Phi) is 3.14. The number of hydrogen-bond donors (Lipinski definition) is 1. The second-order valence-electron chi connectivity index (χ2n) is 2.83. The van der Waals surface area contributed by atoms with E-state index in [1.54, 1.807) is 6.92 Å². The zero-order valence-electron chi connectivity index (χ0n) is 7.74. The molecule has 0 unspecified atom stereocenters. The van der Waals surface area contributed by atoms with Crippen molar-refractivity contribution in [3.8, 4) is 0 Å². The maximum atomic E-state index is 11.3. The Morgan fingerprint density at radius 2 is 1.53 bits per heavy atom. The summed E-state index contributed by atoms with van der Waals surface area (Å²) < 4.78 is 47.3. The van der Waals surface area contributed by atoms with Crippen molar-refractivity contribution in [3.63, 3.8) is 0 Å². The van der Waals surface area contributed by atoms with Gasteiger partial charge >= 0.3 is 20.4 Å². The number of aryl methyl sites for hydroxylation is 1. The fourth-order valence-electron chi connectivity index (χ4n) is 0.869. The number of nitrogens with two attached hydrogens (primary N) is 1. The second kappa shape index (κ2) is 3.89. The van der Waals surface area contributed by atoms with Crippen molar-refractivity contribution in [1.82, 2.24) is 0 Å². The standard InChI is InChI=1S/C7H9NO5S2/c1-6-2-4-7(5-3-6)14(9,10)13-15(8,11)12/h2-5H,1H3,(H2,8,11,12). The third kappa shape index (κ3) is 3.59. The van der Waals surface area contributed by atoms with Crippen LogP contribution < -0.4 is 5.14 Å². The van der Waals surface area contributed by atoms with E-state index >= 15 is 0 Å². The molecule has 8 heteroatoms. The van der Waals surface area contributed by atoms with E-state index in [9.17, 15) is 16.8 Å². The highest BCUT2D eigenvalue weighted by atomic mass is 32.3. The lowest BCUT2D eigenvalue weighted by Gasteiger charge is -2.02. The van der Waals surface area contributed by atoms with Gasteiger partial charge < -0.3 is 0 Å². The lowest BCUT2D eigenvalue weighted by atomic mass is 10.2. The van der Waals surface area contributed by atoms with Gasteiger partial charge in [0.1, 0.15) is 0 Å². The topological polar surface area (TPSA) is 104 Å². The van der Waals surface area contributed by atoms with Crippen molar-refractivity contribution in [2.45, 2.75) is 11.8 Å². The van der Waals surface area contributed by atoms with Gasteiger partial charge in [0.15, 0.2) is 0 Å². The largest absolute Gasteiger partial charge is 0.348 e. The molecular formula is C7H9NO5S2. The van der Waals surface area contributed by atoms with E-state index in [-0.39, 0.29) is 4.90 Å². The predicted octanol–water partition coefficient (Wildman–Crippen LogP) is -0.0962. The fourth-order valence-corrected chi connectivity index (χ4v) is 2.65. The molecule has 0 saturated heterocycles. The maximum absolute atomic E-state index is 11.3. The summed E-state index contributed by atoms with van der Waals surface area (Å²) in [6.07, 6.45) is 0. The minimum atomic E-state index is -4.53. The first-order valence-corrected chi connectivity index (χ1v) is 6.64. The molecule has 0 atom stereocenters. The highest BCUT2D eigenvalue weighted by Gasteiger charge is 2.21. The molecule has 84 valence electrons. The summed E-state index contributed by atoms with van der Waals surface area (Å²) >= 11 is 0. The molecule has 1 aromatic carbocycles. The summed E-state index contributed by atoms with van der Waals surface area (Å²) in [6.45, 7) is 1.76. The van der Waals surface area contributed by atoms with Gasteiger partial charge in [0, 0.05) is 0 Å². The zero-order chi connectivity index (χ0) is 11.7. The predicted molar refractivity (Wildman–Crippen MR) is 52.6 cm³/mol. The highest BCUT2D eigenvalue weighted by Crippen LogP contribution is 2.14. The van der Waals surface area contributed by atoms with E-state index in [2.05, 4.69) is 8.77 Å². The third-order valence-corrected chi connectivity index (χ3v) is 3.82. The molecule has 1 rings (SSSR count). The molecule has 0 aromatic heterocycles. The molecule has 0 saturated carbocycles. The van der Waals surface area contributed by atoms with E-state index in [1.807, 2.05) is 0 Å². The van der Waals surface area contributed by atoms with Crippen LogP contribution in [0.15, 0.2) is 29.2 Å². The van der Waals surface area contributed by atoms with Crippen LogP contribution in [0.3, 0.4) is 0 Å². The van der Waals surface area contributed by atoms with Crippen LogP contribution in [-0.4, -0.2) is 16.8 Å². The van der Waals surface area contributed by atoms with Crippen molar-refractivity contribution in [1.29, 1.82) is 0 Å². The monoisotopic (exact) mass is 251 g/mol. The van der Waals surface area contributed by atoms with Crippen LogP contribution in [0.2, 0.25) is 0 Å². The summed E-state index contributed by atoms with van der Waals surface area (Å²) in [5.41, 5.74) is 0.838. The summed E-state index contributed by atoms with van der Waals surface area (Å²) in [5.74, 6) is 0. The fraction of sp³-hybridized carbons (Fsp3) is 0.143. The van der Waals surface area contributed by atoms with Crippen molar-refractivity contribution >= 4 is 20.4 Å². The molecule has 0 aliphatic heterocycles. The van der Waals surface area contributed by atoms with Crippen LogP contribution in [0.4, 0.5) is 0 Å². The summed E-state index contributed by atoms with van der Waals surface area (Å²) in [6, 6.07) is 5.49. The Morgan fingerprint density at radius 3 is 1.93 bits per heavy atom. The molecule has 0 fully saturated rings. The summed E-state index contributed by atoms with van der Waals surface area (Å²) in [4.78, 5) is -0.262. The molecule has 0 bridgehead atoms. The SMILES string of the molecule is Cc1ccc(S(=O)(=O)OS(N)(=O)=O)cc1. The summed E-state index contributed by atoms with van der Waals surface area (Å²) in [7, 11) is -8.88. The van der Waals surface area contributed by atoms with Crippen LogP contribution in [-0.2, 0) is 24.1 Å². The Labute approximate surface area is 88.1 Å². The molecular weight excluding hydrogens is 242 g/mol. The van der Waals surface area contributed by atoms with Crippen LogP contribution in [0.1, 0.15) is 5.56 Å². The van der Waals surface area contributed by atoms with Crippen molar-refractivity contribution in [2.24, 2.45) is 5.14 Å². The molecule has 0 amide bonds. The number of rotatable bonds is 3. The normalized spacial score (nSPS) is 12.7. The van der Waals surface area contributed by atoms with E-state index in [0.717, 1.165) is 5.56 Å². The highest BCUT2D eigenvalue weighted by molar-refractivity contribution is 7.98. The quantitative estimate of drug-likeness (QED) is 0.808. The second-order valence-corrected chi connectivity index (χ2v) is 5.74. The van der Waals surface area contributed by atoms with Gasteiger partial charge in [0.2, 0.25) is 0 Å². The van der Waals surface area contributed by atoms with E-state index in [0.29, 0.717) is 0 Å². The first-order chi connectivity index (χ1) is 6.71. The van der Waals surface area contributed by atoms with Gasteiger partial charge in [-0.2, -0.15) is 16.8 Å². The van der Waals surface area contributed by atoms with Crippen molar-refractivity contribution in [2.75, 3.05) is 0 Å². The lowest BCUT2D eigenvalue weighted by molar-refractivity contribution is 0.463. The molecule has 0 heterocycles. The van der Waals surface area contributed by atoms with Gasteiger partial charge in [0.05, 0.1) is 4.90 Å². The Hall–Kier alpha value is -0.960. The number of benzene rings is 1. The average molecular weight is 251 g/mol. The molecule has 0 spiro atoms. The first-order valence-electron chi connectivity index (χ1n) is 3.76. The van der Waals surface area contributed by atoms with E-state index < -0.39 is 20.4 Å². The van der Waals surface area contributed by atoms with Crippen molar-refractivity contribution in [3.05, 3.63) is 29.8 Å². The Morgan fingerprint density at radius 1 is 1.07 bits per heavy atom. The lowest BCUT2D eigenvalue weighted by Crippen LogP contribution is -2.20. The van der Waals surface area contributed by atoms with Gasteiger partial charge in [0.25, 0.3) is 0 Å². The minimum absolute atomic E-state index is 0.262. The molecule has 0 aliphatic carbocycles. The van der Waals surface area contributed by atoms with Crippen LogP contribution in [0.5, 0.6) is 0 Å². The molecule has 1 aromatic rings. The summed E-state index contributed by atoms with van der Waals surface area (Å²) in [5, 5.41) is 4.46. The van der Waals surface area contributed by atoms with Gasteiger partial charge in [-0.25, -0.2) is 5.14 Å². The molecule has 6 nitrogen and oxygen atoms in total. The van der Waals surface area contributed by atoms with E-state index in [1.165, 1.54) is 24.3 Å². The molecule has 2 N–H and O–H groups in total. The average Bonchev–Trinajstić information content (AvgIpc) is 2.00. The maximum Gasteiger partial charge on any atom is 0.348 e.